The average Bonchev–Trinajstić information content (AvgIpc) is 2.89. The van der Waals surface area contributed by atoms with Gasteiger partial charge in [-0.1, -0.05) is 68.5 Å². The van der Waals surface area contributed by atoms with Crippen molar-refractivity contribution in [3.8, 4) is 0 Å². The molecule has 5 rings (SSSR count). The zero-order valence-electron chi connectivity index (χ0n) is 20.0. The summed E-state index contributed by atoms with van der Waals surface area (Å²) in [5, 5.41) is 19.7. The van der Waals surface area contributed by atoms with Crippen molar-refractivity contribution in [3.05, 3.63) is 83.6 Å². The van der Waals surface area contributed by atoms with Crippen molar-refractivity contribution >= 4 is 17.4 Å². The summed E-state index contributed by atoms with van der Waals surface area (Å²) in [6, 6.07) is 14.5. The second-order valence-electron chi connectivity index (χ2n) is 9.62. The van der Waals surface area contributed by atoms with E-state index >= 15 is 0 Å². The quantitative estimate of drug-likeness (QED) is 0.726. The van der Waals surface area contributed by atoms with Gasteiger partial charge in [0, 0.05) is 44.7 Å². The van der Waals surface area contributed by atoms with Crippen LogP contribution in [0.2, 0.25) is 0 Å². The third-order valence-corrected chi connectivity index (χ3v) is 6.96. The highest BCUT2D eigenvalue weighted by Gasteiger charge is 2.33. The molecule has 6 nitrogen and oxygen atoms in total. The molecular weight excluding hydrogens is 422 g/mol. The van der Waals surface area contributed by atoms with E-state index in [9.17, 15) is 5.11 Å². The number of allylic oxidation sites excluding steroid dienone is 3. The van der Waals surface area contributed by atoms with Crippen LogP contribution in [0.5, 0.6) is 0 Å². The minimum absolute atomic E-state index is 0.178. The Bertz CT molecular complexity index is 1110. The number of rotatable bonds is 5. The third-order valence-electron chi connectivity index (χ3n) is 6.96. The molecule has 0 radical (unpaired) electrons. The lowest BCUT2D eigenvalue weighted by Gasteiger charge is -2.40. The van der Waals surface area contributed by atoms with Gasteiger partial charge in [-0.15, -0.1) is 5.10 Å². The molecule has 1 N–H and O–H groups in total. The van der Waals surface area contributed by atoms with Gasteiger partial charge in [0.2, 0.25) is 0 Å². The van der Waals surface area contributed by atoms with Crippen LogP contribution in [0.4, 0.5) is 5.82 Å². The molecule has 176 valence electrons. The Morgan fingerprint density at radius 1 is 0.971 bits per heavy atom. The Morgan fingerprint density at radius 2 is 1.74 bits per heavy atom. The van der Waals surface area contributed by atoms with Gasteiger partial charge in [-0.3, -0.25) is 0 Å². The Morgan fingerprint density at radius 3 is 2.44 bits per heavy atom. The molecule has 2 aliphatic heterocycles. The summed E-state index contributed by atoms with van der Waals surface area (Å²) in [7, 11) is 0. The topological polar surface area (TPSA) is 64.3 Å². The molecule has 3 heterocycles. The number of aliphatic hydroxyl groups is 1. The maximum Gasteiger partial charge on any atom is 0.135 e. The number of piperazine rings is 1. The number of aliphatic hydroxyl groups excluding tert-OH is 1. The second-order valence-corrected chi connectivity index (χ2v) is 9.62. The summed E-state index contributed by atoms with van der Waals surface area (Å²) >= 11 is 0. The number of fused-ring (bicyclic) bond motifs is 1. The first-order valence-corrected chi connectivity index (χ1v) is 12.3. The highest BCUT2D eigenvalue weighted by molar-refractivity contribution is 6.09. The van der Waals surface area contributed by atoms with Crippen molar-refractivity contribution in [3.63, 3.8) is 0 Å². The first-order chi connectivity index (χ1) is 16.6. The Hall–Kier alpha value is -3.25. The average molecular weight is 456 g/mol. The number of aromatic nitrogens is 1. The van der Waals surface area contributed by atoms with E-state index in [0.29, 0.717) is 0 Å². The van der Waals surface area contributed by atoms with Crippen LogP contribution in [-0.2, 0) is 6.42 Å². The molecule has 2 unspecified atom stereocenters. The van der Waals surface area contributed by atoms with Crippen LogP contribution in [0.15, 0.2) is 82.7 Å². The van der Waals surface area contributed by atoms with Crippen molar-refractivity contribution in [2.24, 2.45) is 22.0 Å². The van der Waals surface area contributed by atoms with Gasteiger partial charge in [-0.25, -0.2) is 4.98 Å². The maximum atomic E-state index is 10.3. The van der Waals surface area contributed by atoms with Gasteiger partial charge in [0.05, 0.1) is 11.8 Å². The number of hydrogen-bond acceptors (Lipinski definition) is 6. The fraction of sp³-hybridized carbons (Fsp3) is 0.393. The normalized spacial score (nSPS) is 21.1. The number of benzene rings is 1. The first-order valence-electron chi connectivity index (χ1n) is 12.3. The van der Waals surface area contributed by atoms with E-state index in [1.807, 2.05) is 38.2 Å². The second kappa shape index (κ2) is 9.94. The van der Waals surface area contributed by atoms with E-state index in [1.165, 1.54) is 11.1 Å². The number of amidine groups is 1. The minimum atomic E-state index is -0.471. The smallest absolute Gasteiger partial charge is 0.135 e. The molecule has 2 atom stereocenters. The molecule has 0 spiro atoms. The van der Waals surface area contributed by atoms with Crippen molar-refractivity contribution in [1.29, 1.82) is 0 Å². The summed E-state index contributed by atoms with van der Waals surface area (Å²) in [5.74, 6) is 2.52. The Labute approximate surface area is 202 Å². The Balaban J connectivity index is 1.27. The van der Waals surface area contributed by atoms with Gasteiger partial charge in [0.25, 0.3) is 0 Å². The van der Waals surface area contributed by atoms with Crippen LogP contribution in [0, 0.1) is 11.8 Å². The summed E-state index contributed by atoms with van der Waals surface area (Å²) in [6.07, 6.45) is 9.74. The number of anilines is 1. The lowest BCUT2D eigenvalue weighted by atomic mass is 9.84. The predicted molar refractivity (Wildman–Crippen MR) is 138 cm³/mol. The molecule has 1 aliphatic carbocycles. The van der Waals surface area contributed by atoms with E-state index in [0.717, 1.165) is 61.9 Å². The van der Waals surface area contributed by atoms with Crippen LogP contribution in [0.3, 0.4) is 0 Å². The zero-order chi connectivity index (χ0) is 23.5. The lowest BCUT2D eigenvalue weighted by molar-refractivity contribution is 0.126. The minimum Gasteiger partial charge on any atom is -0.388 e. The number of pyridine rings is 1. The highest BCUT2D eigenvalue weighted by Crippen LogP contribution is 2.30. The van der Waals surface area contributed by atoms with Gasteiger partial charge in [-0.2, -0.15) is 5.10 Å². The molecule has 6 heteroatoms. The summed E-state index contributed by atoms with van der Waals surface area (Å²) in [4.78, 5) is 9.35. The molecule has 3 aliphatic rings. The summed E-state index contributed by atoms with van der Waals surface area (Å²) in [5.41, 5.74) is 4.53. The van der Waals surface area contributed by atoms with E-state index in [-0.39, 0.29) is 11.8 Å². The van der Waals surface area contributed by atoms with E-state index in [4.69, 9.17) is 10.2 Å². The number of nitrogens with zero attached hydrogens (tertiary/aromatic N) is 5. The first kappa shape index (κ1) is 22.5. The molecule has 34 heavy (non-hydrogen) atoms. The fourth-order valence-corrected chi connectivity index (χ4v) is 4.93. The molecule has 1 saturated heterocycles. The third kappa shape index (κ3) is 4.68. The Kier molecular flexibility index (Phi) is 6.59. The molecule has 1 aromatic carbocycles. The number of hydrogen-bond donors (Lipinski definition) is 1. The molecule has 2 aromatic rings. The van der Waals surface area contributed by atoms with Gasteiger partial charge in [-0.05, 0) is 35.1 Å². The van der Waals surface area contributed by atoms with Crippen molar-refractivity contribution in [2.45, 2.75) is 32.8 Å². The molecule has 0 amide bonds. The molecule has 0 bridgehead atoms. The predicted octanol–water partition coefficient (Wildman–Crippen LogP) is 4.41. The fourth-order valence-electron chi connectivity index (χ4n) is 4.93. The molecule has 0 saturated carbocycles. The lowest BCUT2D eigenvalue weighted by Crippen LogP contribution is -2.51. The summed E-state index contributed by atoms with van der Waals surface area (Å²) in [6.45, 7) is 7.61. The van der Waals surface area contributed by atoms with Crippen LogP contribution >= 0.6 is 0 Å². The van der Waals surface area contributed by atoms with E-state index in [2.05, 4.69) is 57.3 Å². The van der Waals surface area contributed by atoms with Gasteiger partial charge in [0.15, 0.2) is 0 Å². The molecule has 1 aromatic heterocycles. The van der Waals surface area contributed by atoms with Gasteiger partial charge < -0.3 is 14.9 Å². The van der Waals surface area contributed by atoms with Crippen LogP contribution in [-0.4, -0.2) is 52.7 Å². The van der Waals surface area contributed by atoms with Crippen LogP contribution < -0.4 is 4.90 Å². The van der Waals surface area contributed by atoms with E-state index < -0.39 is 6.10 Å². The van der Waals surface area contributed by atoms with E-state index in [1.54, 1.807) is 0 Å². The van der Waals surface area contributed by atoms with Gasteiger partial charge in [0.1, 0.15) is 11.7 Å². The van der Waals surface area contributed by atoms with Gasteiger partial charge >= 0.3 is 0 Å². The monoisotopic (exact) mass is 455 g/mol. The molecule has 1 fully saturated rings. The van der Waals surface area contributed by atoms with Crippen LogP contribution in [0.25, 0.3) is 0 Å². The summed E-state index contributed by atoms with van der Waals surface area (Å²) < 4.78 is 0. The van der Waals surface area contributed by atoms with Crippen molar-refractivity contribution in [1.82, 2.24) is 9.88 Å². The largest absolute Gasteiger partial charge is 0.388 e. The SMILES string of the molecule is CC(C)C(O)c1ccc(N2CCN(C3=NN=C(Cc4ccccc4)C4=CC=CCC43)CC2)nc1. The van der Waals surface area contributed by atoms with Crippen LogP contribution in [0.1, 0.15) is 37.5 Å². The zero-order valence-corrected chi connectivity index (χ0v) is 20.0. The maximum absolute atomic E-state index is 10.3. The highest BCUT2D eigenvalue weighted by atomic mass is 16.3. The molecular formula is C28H33N5O. The van der Waals surface area contributed by atoms with Crippen molar-refractivity contribution < 1.29 is 5.11 Å². The van der Waals surface area contributed by atoms with Crippen molar-refractivity contribution in [2.75, 3.05) is 31.1 Å². The standard InChI is InChI=1S/C28H33N5O/c1-20(2)27(34)22-12-13-26(29-19-22)32-14-16-33(17-15-32)28-24-11-7-6-10-23(24)25(30-31-28)18-21-8-4-3-5-9-21/h3-10,12-13,19-20,24,27,34H,11,14-18H2,1-2H3.